The van der Waals surface area contributed by atoms with Crippen molar-refractivity contribution in [3.63, 3.8) is 0 Å². The number of carbonyl (C=O) groups excluding carboxylic acids is 3. The molecule has 0 bridgehead atoms. The van der Waals surface area contributed by atoms with Crippen molar-refractivity contribution in [3.05, 3.63) is 51.8 Å². The first-order valence-corrected chi connectivity index (χ1v) is 10.0. The Labute approximate surface area is 172 Å². The van der Waals surface area contributed by atoms with Gasteiger partial charge in [-0.1, -0.05) is 35.5 Å². The van der Waals surface area contributed by atoms with Crippen LogP contribution in [-0.2, 0) is 4.79 Å². The van der Waals surface area contributed by atoms with Crippen LogP contribution >= 0.6 is 23.4 Å². The minimum atomic E-state index is -0.508. The quantitative estimate of drug-likeness (QED) is 0.739. The third kappa shape index (κ3) is 3.64. The van der Waals surface area contributed by atoms with Gasteiger partial charge in [0, 0.05) is 11.3 Å². The lowest BCUT2D eigenvalue weighted by molar-refractivity contribution is -0.115. The van der Waals surface area contributed by atoms with E-state index in [0.29, 0.717) is 38.4 Å². The van der Waals surface area contributed by atoms with E-state index in [1.54, 1.807) is 45.0 Å². The van der Waals surface area contributed by atoms with Crippen LogP contribution in [0.25, 0.3) is 0 Å². The standard InChI is InChI=1S/C20H20ClN3O3S/c1-10-17(12(3)25)11(2)23-18(10)19(27)13(4)28-20-22-9-16(26)24(20)15-8-6-5-7-14(15)21/h5-8,13,23H,9H2,1-4H3/t13-/m0/s1. The molecule has 6 nitrogen and oxygen atoms in total. The van der Waals surface area contributed by atoms with E-state index in [9.17, 15) is 14.4 Å². The maximum Gasteiger partial charge on any atom is 0.254 e. The zero-order chi connectivity index (χ0) is 20.6. The summed E-state index contributed by atoms with van der Waals surface area (Å²) in [5.74, 6) is -0.429. The Balaban J connectivity index is 1.84. The van der Waals surface area contributed by atoms with Crippen molar-refractivity contribution in [1.29, 1.82) is 0 Å². The van der Waals surface area contributed by atoms with Crippen LogP contribution in [0.4, 0.5) is 5.69 Å². The van der Waals surface area contributed by atoms with Gasteiger partial charge in [0.15, 0.2) is 16.7 Å². The SMILES string of the molecule is CC(=O)c1c(C)[nH]c(C(=O)[C@H](C)SC2=NCC(=O)N2c2ccccc2Cl)c1C. The molecule has 1 aliphatic rings. The molecule has 0 unspecified atom stereocenters. The molecule has 0 saturated carbocycles. The number of hydrogen-bond donors (Lipinski definition) is 1. The van der Waals surface area contributed by atoms with Crippen LogP contribution in [0.3, 0.4) is 0 Å². The molecule has 0 aliphatic carbocycles. The number of Topliss-reactive ketones (excluding diaryl/α,β-unsaturated/α-hetero) is 2. The normalized spacial score (nSPS) is 15.0. The molecule has 0 spiro atoms. The van der Waals surface area contributed by atoms with Gasteiger partial charge in [0.05, 0.1) is 21.7 Å². The summed E-state index contributed by atoms with van der Waals surface area (Å²) in [5.41, 5.74) is 2.83. The Morgan fingerprint density at radius 3 is 2.57 bits per heavy atom. The Morgan fingerprint density at radius 1 is 1.29 bits per heavy atom. The number of aromatic nitrogens is 1. The van der Waals surface area contributed by atoms with E-state index in [-0.39, 0.29) is 24.0 Å². The molecule has 1 atom stereocenters. The van der Waals surface area contributed by atoms with Gasteiger partial charge in [-0.2, -0.15) is 0 Å². The molecule has 0 fully saturated rings. The van der Waals surface area contributed by atoms with E-state index in [4.69, 9.17) is 11.6 Å². The third-order valence-corrected chi connectivity index (χ3v) is 5.98. The fraction of sp³-hybridized carbons (Fsp3) is 0.300. The second-order valence-corrected chi connectivity index (χ2v) is 8.30. The fourth-order valence-electron chi connectivity index (χ4n) is 3.28. The first-order chi connectivity index (χ1) is 13.2. The number of amides is 1. The lowest BCUT2D eigenvalue weighted by Crippen LogP contribution is -2.32. The minimum Gasteiger partial charge on any atom is -0.355 e. The summed E-state index contributed by atoms with van der Waals surface area (Å²) in [4.78, 5) is 45.9. The lowest BCUT2D eigenvalue weighted by atomic mass is 10.0. The number of benzene rings is 1. The number of amidine groups is 1. The van der Waals surface area contributed by atoms with Crippen LogP contribution in [0, 0.1) is 13.8 Å². The summed E-state index contributed by atoms with van der Waals surface area (Å²) >= 11 is 7.44. The number of para-hydroxylation sites is 1. The van der Waals surface area contributed by atoms with Gasteiger partial charge in [0.2, 0.25) is 0 Å². The van der Waals surface area contributed by atoms with E-state index < -0.39 is 5.25 Å². The molecule has 3 rings (SSSR count). The number of hydrogen-bond acceptors (Lipinski definition) is 5. The predicted octanol–water partition coefficient (Wildman–Crippen LogP) is 4.19. The van der Waals surface area contributed by atoms with Crippen molar-refractivity contribution >= 4 is 51.7 Å². The molecule has 2 heterocycles. The Hall–Kier alpha value is -2.38. The molecule has 2 aromatic rings. The van der Waals surface area contributed by atoms with Crippen molar-refractivity contribution in [2.45, 2.75) is 32.9 Å². The number of aliphatic imine (C=N–C) groups is 1. The van der Waals surface area contributed by atoms with E-state index in [1.807, 2.05) is 0 Å². The molecule has 8 heteroatoms. The number of anilines is 1. The smallest absolute Gasteiger partial charge is 0.254 e. The minimum absolute atomic E-state index is 0.0174. The molecule has 1 aromatic heterocycles. The maximum atomic E-state index is 13.0. The fourth-order valence-corrected chi connectivity index (χ4v) is 4.49. The number of ketones is 2. The first-order valence-electron chi connectivity index (χ1n) is 8.75. The monoisotopic (exact) mass is 417 g/mol. The number of rotatable bonds is 5. The number of carbonyl (C=O) groups is 3. The number of nitrogens with one attached hydrogen (secondary N) is 1. The molecule has 1 amide bonds. The van der Waals surface area contributed by atoms with E-state index in [0.717, 1.165) is 0 Å². The first kappa shape index (κ1) is 20.4. The van der Waals surface area contributed by atoms with Crippen molar-refractivity contribution in [2.75, 3.05) is 11.4 Å². The van der Waals surface area contributed by atoms with Crippen LogP contribution in [-0.4, -0.2) is 39.4 Å². The Morgan fingerprint density at radius 2 is 1.96 bits per heavy atom. The second kappa shape index (κ2) is 7.93. The van der Waals surface area contributed by atoms with Crippen molar-refractivity contribution in [1.82, 2.24) is 4.98 Å². The van der Waals surface area contributed by atoms with Crippen LogP contribution in [0.5, 0.6) is 0 Å². The molecule has 0 radical (unpaired) electrons. The number of aromatic amines is 1. The van der Waals surface area contributed by atoms with Gasteiger partial charge in [-0.25, -0.2) is 0 Å². The molecule has 28 heavy (non-hydrogen) atoms. The summed E-state index contributed by atoms with van der Waals surface area (Å²) < 4.78 is 0. The van der Waals surface area contributed by atoms with Crippen molar-refractivity contribution in [3.8, 4) is 0 Å². The summed E-state index contributed by atoms with van der Waals surface area (Å²) in [5, 5.41) is 0.366. The van der Waals surface area contributed by atoms with Gasteiger partial charge in [-0.15, -0.1) is 0 Å². The average molecular weight is 418 g/mol. The van der Waals surface area contributed by atoms with E-state index in [2.05, 4.69) is 9.98 Å². The predicted molar refractivity (Wildman–Crippen MR) is 113 cm³/mol. The highest BCUT2D eigenvalue weighted by Gasteiger charge is 2.32. The van der Waals surface area contributed by atoms with Gasteiger partial charge >= 0.3 is 0 Å². The van der Waals surface area contributed by atoms with Crippen molar-refractivity contribution < 1.29 is 14.4 Å². The topological polar surface area (TPSA) is 82.6 Å². The average Bonchev–Trinajstić information content (AvgIpc) is 3.14. The Bertz CT molecular complexity index is 1010. The number of aryl methyl sites for hydroxylation is 1. The number of nitrogens with zero attached hydrogens (tertiary/aromatic N) is 2. The van der Waals surface area contributed by atoms with Gasteiger partial charge < -0.3 is 4.98 Å². The summed E-state index contributed by atoms with van der Waals surface area (Å²) in [6.07, 6.45) is 0. The number of halogens is 1. The second-order valence-electron chi connectivity index (χ2n) is 6.58. The third-order valence-electron chi connectivity index (χ3n) is 4.57. The molecule has 0 saturated heterocycles. The molecule has 1 N–H and O–H groups in total. The largest absolute Gasteiger partial charge is 0.355 e. The highest BCUT2D eigenvalue weighted by atomic mass is 35.5. The van der Waals surface area contributed by atoms with Gasteiger partial charge in [0.1, 0.15) is 6.54 Å². The molecular weight excluding hydrogens is 398 g/mol. The molecule has 1 aliphatic heterocycles. The van der Waals surface area contributed by atoms with Gasteiger partial charge in [-0.3, -0.25) is 24.3 Å². The Kier molecular flexibility index (Phi) is 5.76. The highest BCUT2D eigenvalue weighted by molar-refractivity contribution is 8.15. The molecule has 1 aromatic carbocycles. The molecule has 146 valence electrons. The van der Waals surface area contributed by atoms with Gasteiger partial charge in [0.25, 0.3) is 5.91 Å². The van der Waals surface area contributed by atoms with Crippen LogP contribution in [0.15, 0.2) is 29.3 Å². The number of thioether (sulfide) groups is 1. The summed E-state index contributed by atoms with van der Waals surface area (Å²) in [6.45, 7) is 6.79. The zero-order valence-corrected chi connectivity index (χ0v) is 17.6. The van der Waals surface area contributed by atoms with E-state index in [1.165, 1.54) is 23.6 Å². The highest BCUT2D eigenvalue weighted by Crippen LogP contribution is 2.32. The van der Waals surface area contributed by atoms with Crippen LogP contribution in [0.2, 0.25) is 5.02 Å². The zero-order valence-electron chi connectivity index (χ0n) is 16.0. The van der Waals surface area contributed by atoms with Gasteiger partial charge in [-0.05, 0) is 45.4 Å². The lowest BCUT2D eigenvalue weighted by Gasteiger charge is -2.21. The summed E-state index contributed by atoms with van der Waals surface area (Å²) in [7, 11) is 0. The van der Waals surface area contributed by atoms with Crippen LogP contribution < -0.4 is 4.90 Å². The molecular formula is C20H20ClN3O3S. The van der Waals surface area contributed by atoms with E-state index >= 15 is 0 Å². The maximum absolute atomic E-state index is 13.0. The number of H-pyrrole nitrogens is 1. The van der Waals surface area contributed by atoms with Crippen LogP contribution in [0.1, 0.15) is 46.0 Å². The summed E-state index contributed by atoms with van der Waals surface area (Å²) in [6, 6.07) is 7.02. The van der Waals surface area contributed by atoms with Crippen molar-refractivity contribution in [2.24, 2.45) is 4.99 Å².